The van der Waals surface area contributed by atoms with Crippen molar-refractivity contribution >= 4 is 5.91 Å². The molecule has 0 saturated heterocycles. The summed E-state index contributed by atoms with van der Waals surface area (Å²) in [5.74, 6) is 1.09. The molecule has 0 fully saturated rings. The number of hydrogen-bond acceptors (Lipinski definition) is 2. The van der Waals surface area contributed by atoms with E-state index in [1.807, 2.05) is 19.1 Å². The lowest BCUT2D eigenvalue weighted by Gasteiger charge is -2.18. The molecule has 18 heavy (non-hydrogen) atoms. The number of carbonyl (C=O) groups excluding carboxylic acids is 1. The van der Waals surface area contributed by atoms with Crippen molar-refractivity contribution in [1.82, 2.24) is 5.32 Å². The fraction of sp³-hybridized carbons (Fsp3) is 0.533. The molecule has 0 spiro atoms. The summed E-state index contributed by atoms with van der Waals surface area (Å²) >= 11 is 0. The van der Waals surface area contributed by atoms with Gasteiger partial charge in [-0.25, -0.2) is 0 Å². The number of fused-ring (bicyclic) bond motifs is 1. The minimum absolute atomic E-state index is 0.137. The van der Waals surface area contributed by atoms with E-state index in [2.05, 4.69) is 11.4 Å². The summed E-state index contributed by atoms with van der Waals surface area (Å²) in [7, 11) is 1.71. The third-order valence-electron chi connectivity index (χ3n) is 3.59. The first-order chi connectivity index (χ1) is 8.74. The van der Waals surface area contributed by atoms with Gasteiger partial charge in [-0.05, 0) is 42.9 Å². The van der Waals surface area contributed by atoms with Gasteiger partial charge in [-0.3, -0.25) is 4.79 Å². The Morgan fingerprint density at radius 1 is 1.50 bits per heavy atom. The van der Waals surface area contributed by atoms with Crippen LogP contribution in [0.25, 0.3) is 0 Å². The number of aryl methyl sites for hydroxylation is 1. The lowest BCUT2D eigenvalue weighted by molar-refractivity contribution is -0.121. The number of hydrogen-bond donors (Lipinski definition) is 1. The molecule has 0 bridgehead atoms. The Morgan fingerprint density at radius 3 is 3.06 bits per heavy atom. The van der Waals surface area contributed by atoms with Crippen LogP contribution >= 0.6 is 0 Å². The Labute approximate surface area is 109 Å². The van der Waals surface area contributed by atoms with Gasteiger partial charge in [0.05, 0.1) is 7.11 Å². The van der Waals surface area contributed by atoms with Crippen LogP contribution in [0.4, 0.5) is 0 Å². The fourth-order valence-corrected chi connectivity index (χ4v) is 2.61. The molecule has 1 aromatic rings. The van der Waals surface area contributed by atoms with Crippen molar-refractivity contribution in [3.8, 4) is 5.75 Å². The SMILES string of the molecule is CCC(=O)N[C@@H]1CCCc2cccc(OC)c2C1. The molecule has 1 atom stereocenters. The second-order valence-corrected chi connectivity index (χ2v) is 4.81. The van der Waals surface area contributed by atoms with Gasteiger partial charge in [-0.1, -0.05) is 19.1 Å². The maximum Gasteiger partial charge on any atom is 0.219 e. The molecular formula is C15H21NO2. The van der Waals surface area contributed by atoms with Crippen molar-refractivity contribution in [2.24, 2.45) is 0 Å². The van der Waals surface area contributed by atoms with Crippen LogP contribution in [0, 0.1) is 0 Å². The Balaban J connectivity index is 2.19. The molecule has 0 heterocycles. The van der Waals surface area contributed by atoms with Crippen molar-refractivity contribution in [3.05, 3.63) is 29.3 Å². The van der Waals surface area contributed by atoms with E-state index in [4.69, 9.17) is 4.74 Å². The molecule has 1 amide bonds. The van der Waals surface area contributed by atoms with Gasteiger partial charge >= 0.3 is 0 Å². The highest BCUT2D eigenvalue weighted by molar-refractivity contribution is 5.75. The third kappa shape index (κ3) is 2.84. The van der Waals surface area contributed by atoms with Crippen LogP contribution in [0.3, 0.4) is 0 Å². The van der Waals surface area contributed by atoms with Gasteiger partial charge in [-0.2, -0.15) is 0 Å². The van der Waals surface area contributed by atoms with E-state index in [1.165, 1.54) is 11.1 Å². The van der Waals surface area contributed by atoms with E-state index in [9.17, 15) is 4.79 Å². The number of nitrogens with one attached hydrogen (secondary N) is 1. The molecule has 98 valence electrons. The van der Waals surface area contributed by atoms with Gasteiger partial charge in [0.2, 0.25) is 5.91 Å². The molecule has 1 aliphatic rings. The largest absolute Gasteiger partial charge is 0.496 e. The highest BCUT2D eigenvalue weighted by atomic mass is 16.5. The number of carbonyl (C=O) groups is 1. The summed E-state index contributed by atoms with van der Waals surface area (Å²) in [4.78, 5) is 11.5. The van der Waals surface area contributed by atoms with Crippen molar-refractivity contribution in [1.29, 1.82) is 0 Å². The molecule has 3 nitrogen and oxygen atoms in total. The average molecular weight is 247 g/mol. The molecular weight excluding hydrogens is 226 g/mol. The van der Waals surface area contributed by atoms with E-state index in [0.717, 1.165) is 31.4 Å². The zero-order valence-corrected chi connectivity index (χ0v) is 11.2. The van der Waals surface area contributed by atoms with Crippen LogP contribution in [-0.4, -0.2) is 19.1 Å². The average Bonchev–Trinajstić information content (AvgIpc) is 2.59. The van der Waals surface area contributed by atoms with Crippen LogP contribution in [0.1, 0.15) is 37.3 Å². The molecule has 2 rings (SSSR count). The maximum atomic E-state index is 11.5. The normalized spacial score (nSPS) is 18.7. The first-order valence-corrected chi connectivity index (χ1v) is 6.68. The molecule has 0 saturated carbocycles. The zero-order valence-electron chi connectivity index (χ0n) is 11.2. The van der Waals surface area contributed by atoms with Gasteiger partial charge in [0, 0.05) is 12.5 Å². The van der Waals surface area contributed by atoms with Crippen molar-refractivity contribution in [3.63, 3.8) is 0 Å². The zero-order chi connectivity index (χ0) is 13.0. The molecule has 3 heteroatoms. The molecule has 0 aliphatic heterocycles. The molecule has 0 aromatic heterocycles. The summed E-state index contributed by atoms with van der Waals surface area (Å²) in [5.41, 5.74) is 2.63. The fourth-order valence-electron chi connectivity index (χ4n) is 2.61. The minimum atomic E-state index is 0.137. The second kappa shape index (κ2) is 5.89. The predicted molar refractivity (Wildman–Crippen MR) is 71.9 cm³/mol. The summed E-state index contributed by atoms with van der Waals surface area (Å²) in [5, 5.41) is 3.11. The number of rotatable bonds is 3. The van der Waals surface area contributed by atoms with Gasteiger partial charge in [0.1, 0.15) is 5.75 Å². The van der Waals surface area contributed by atoms with Crippen molar-refractivity contribution < 1.29 is 9.53 Å². The molecule has 1 N–H and O–H groups in total. The van der Waals surface area contributed by atoms with E-state index < -0.39 is 0 Å². The first-order valence-electron chi connectivity index (χ1n) is 6.68. The smallest absolute Gasteiger partial charge is 0.219 e. The van der Waals surface area contributed by atoms with Gasteiger partial charge < -0.3 is 10.1 Å². The minimum Gasteiger partial charge on any atom is -0.496 e. The number of benzene rings is 1. The number of ether oxygens (including phenoxy) is 1. The molecule has 0 radical (unpaired) electrons. The Bertz CT molecular complexity index is 429. The highest BCUT2D eigenvalue weighted by Gasteiger charge is 2.20. The first kappa shape index (κ1) is 12.9. The van der Waals surface area contributed by atoms with Gasteiger partial charge in [0.15, 0.2) is 0 Å². The maximum absolute atomic E-state index is 11.5. The Kier molecular flexibility index (Phi) is 4.24. The molecule has 1 aliphatic carbocycles. The van der Waals surface area contributed by atoms with Crippen LogP contribution in [0.5, 0.6) is 5.75 Å². The topological polar surface area (TPSA) is 38.3 Å². The Hall–Kier alpha value is -1.51. The van der Waals surface area contributed by atoms with E-state index in [0.29, 0.717) is 6.42 Å². The summed E-state index contributed by atoms with van der Waals surface area (Å²) in [6, 6.07) is 6.46. The monoisotopic (exact) mass is 247 g/mol. The highest BCUT2D eigenvalue weighted by Crippen LogP contribution is 2.28. The summed E-state index contributed by atoms with van der Waals surface area (Å²) < 4.78 is 5.44. The van der Waals surface area contributed by atoms with Crippen LogP contribution in [-0.2, 0) is 17.6 Å². The second-order valence-electron chi connectivity index (χ2n) is 4.81. The third-order valence-corrected chi connectivity index (χ3v) is 3.59. The number of amides is 1. The number of methoxy groups -OCH3 is 1. The lowest BCUT2D eigenvalue weighted by Crippen LogP contribution is -2.35. The van der Waals surface area contributed by atoms with Gasteiger partial charge in [0.25, 0.3) is 0 Å². The van der Waals surface area contributed by atoms with Crippen molar-refractivity contribution in [2.45, 2.75) is 45.1 Å². The molecule has 0 unspecified atom stereocenters. The summed E-state index contributed by atoms with van der Waals surface area (Å²) in [6.45, 7) is 1.89. The van der Waals surface area contributed by atoms with E-state index in [1.54, 1.807) is 7.11 Å². The lowest BCUT2D eigenvalue weighted by atomic mass is 10.0. The van der Waals surface area contributed by atoms with Gasteiger partial charge in [-0.15, -0.1) is 0 Å². The van der Waals surface area contributed by atoms with Crippen LogP contribution < -0.4 is 10.1 Å². The quantitative estimate of drug-likeness (QED) is 0.833. The van der Waals surface area contributed by atoms with E-state index in [-0.39, 0.29) is 11.9 Å². The Morgan fingerprint density at radius 2 is 2.33 bits per heavy atom. The van der Waals surface area contributed by atoms with E-state index >= 15 is 0 Å². The van der Waals surface area contributed by atoms with Crippen molar-refractivity contribution in [2.75, 3.05) is 7.11 Å². The summed E-state index contributed by atoms with van der Waals surface area (Å²) in [6.07, 6.45) is 4.67. The molecule has 1 aromatic carbocycles. The van der Waals surface area contributed by atoms with Crippen LogP contribution in [0.15, 0.2) is 18.2 Å². The predicted octanol–water partition coefficient (Wildman–Crippen LogP) is 2.47. The van der Waals surface area contributed by atoms with Crippen LogP contribution in [0.2, 0.25) is 0 Å². The standard InChI is InChI=1S/C15H21NO2/c1-3-15(17)16-12-8-4-6-11-7-5-9-14(18-2)13(11)10-12/h5,7,9,12H,3-4,6,8,10H2,1-2H3,(H,16,17)/t12-/m1/s1.